The fraction of sp³-hybridized carbons (Fsp3) is 0.812. The second-order valence-corrected chi connectivity index (χ2v) is 6.87. The minimum atomic E-state index is -0.00955. The quantitative estimate of drug-likeness (QED) is 0.856. The zero-order valence-electron chi connectivity index (χ0n) is 14.2. The number of aromatic nitrogens is 3. The van der Waals surface area contributed by atoms with E-state index in [1.165, 1.54) is 0 Å². The van der Waals surface area contributed by atoms with E-state index in [2.05, 4.69) is 22.6 Å². The van der Waals surface area contributed by atoms with Gasteiger partial charge in [0.25, 0.3) is 5.91 Å². The molecule has 3 N–H and O–H groups in total. The molecule has 7 heteroatoms. The van der Waals surface area contributed by atoms with E-state index in [1.807, 2.05) is 16.5 Å². The molecule has 7 nitrogen and oxygen atoms in total. The molecule has 1 aromatic heterocycles. The maximum atomic E-state index is 13.0. The van der Waals surface area contributed by atoms with Crippen molar-refractivity contribution in [2.45, 2.75) is 51.6 Å². The first kappa shape index (κ1) is 16.4. The largest absolute Gasteiger partial charge is 0.333 e. The van der Waals surface area contributed by atoms with Gasteiger partial charge in [-0.1, -0.05) is 12.1 Å². The van der Waals surface area contributed by atoms with E-state index in [9.17, 15) is 4.79 Å². The Balaban J connectivity index is 1.80. The van der Waals surface area contributed by atoms with Crippen molar-refractivity contribution in [1.82, 2.24) is 25.2 Å². The van der Waals surface area contributed by atoms with Crippen molar-refractivity contribution in [3.8, 4) is 0 Å². The number of likely N-dealkylation sites (tertiary alicyclic amines) is 1. The summed E-state index contributed by atoms with van der Waals surface area (Å²) < 4.78 is 1.94. The third kappa shape index (κ3) is 3.12. The van der Waals surface area contributed by atoms with Gasteiger partial charge in [0.15, 0.2) is 5.69 Å². The SMILES string of the molecule is Cc1c(C(=O)N2CCCC(C)C2CN)nnn1C1CCNCC1. The van der Waals surface area contributed by atoms with Gasteiger partial charge in [0, 0.05) is 19.1 Å². The summed E-state index contributed by atoms with van der Waals surface area (Å²) in [5, 5.41) is 11.9. The Morgan fingerprint density at radius 2 is 2.09 bits per heavy atom. The van der Waals surface area contributed by atoms with Crippen LogP contribution in [0.4, 0.5) is 0 Å². The lowest BCUT2D eigenvalue weighted by Gasteiger charge is -2.39. The van der Waals surface area contributed by atoms with Gasteiger partial charge in [-0.25, -0.2) is 4.68 Å². The summed E-state index contributed by atoms with van der Waals surface area (Å²) in [7, 11) is 0. The van der Waals surface area contributed by atoms with Gasteiger partial charge in [-0.05, 0) is 51.6 Å². The maximum Gasteiger partial charge on any atom is 0.276 e. The van der Waals surface area contributed by atoms with Crippen LogP contribution in [0.5, 0.6) is 0 Å². The summed E-state index contributed by atoms with van der Waals surface area (Å²) in [4.78, 5) is 14.9. The van der Waals surface area contributed by atoms with Crippen LogP contribution < -0.4 is 11.1 Å². The molecule has 0 aromatic carbocycles. The predicted octanol–water partition coefficient (Wildman–Crippen LogP) is 0.710. The Morgan fingerprint density at radius 3 is 2.78 bits per heavy atom. The van der Waals surface area contributed by atoms with E-state index in [0.717, 1.165) is 51.0 Å². The van der Waals surface area contributed by atoms with Crippen LogP contribution in [0.3, 0.4) is 0 Å². The number of nitrogens with two attached hydrogens (primary N) is 1. The van der Waals surface area contributed by atoms with Crippen molar-refractivity contribution in [3.63, 3.8) is 0 Å². The van der Waals surface area contributed by atoms with Crippen LogP contribution in [-0.2, 0) is 0 Å². The fourth-order valence-corrected chi connectivity index (χ4v) is 3.93. The number of hydrogen-bond acceptors (Lipinski definition) is 5. The topological polar surface area (TPSA) is 89.1 Å². The first-order valence-corrected chi connectivity index (χ1v) is 8.77. The van der Waals surface area contributed by atoms with Crippen molar-refractivity contribution < 1.29 is 4.79 Å². The number of carbonyl (C=O) groups excluding carboxylic acids is 1. The molecule has 2 aliphatic heterocycles. The first-order valence-electron chi connectivity index (χ1n) is 8.77. The highest BCUT2D eigenvalue weighted by Gasteiger charge is 2.34. The monoisotopic (exact) mass is 320 g/mol. The molecule has 0 saturated carbocycles. The summed E-state index contributed by atoms with van der Waals surface area (Å²) in [6.45, 7) is 7.40. The molecule has 0 bridgehead atoms. The number of nitrogens with zero attached hydrogens (tertiary/aromatic N) is 4. The minimum absolute atomic E-state index is 0.00955. The molecule has 128 valence electrons. The first-order chi connectivity index (χ1) is 11.1. The van der Waals surface area contributed by atoms with E-state index in [1.54, 1.807) is 0 Å². The third-order valence-electron chi connectivity index (χ3n) is 5.40. The van der Waals surface area contributed by atoms with Crippen LogP contribution in [-0.4, -0.2) is 58.0 Å². The summed E-state index contributed by atoms with van der Waals surface area (Å²) >= 11 is 0. The van der Waals surface area contributed by atoms with Gasteiger partial charge in [-0.2, -0.15) is 0 Å². The Morgan fingerprint density at radius 1 is 1.35 bits per heavy atom. The molecule has 1 amide bonds. The van der Waals surface area contributed by atoms with Crippen LogP contribution in [0, 0.1) is 12.8 Å². The molecular formula is C16H28N6O. The highest BCUT2D eigenvalue weighted by atomic mass is 16.2. The van der Waals surface area contributed by atoms with Gasteiger partial charge in [0.1, 0.15) is 0 Å². The van der Waals surface area contributed by atoms with E-state index in [0.29, 0.717) is 24.2 Å². The second-order valence-electron chi connectivity index (χ2n) is 6.87. The number of rotatable bonds is 3. The number of carbonyl (C=O) groups is 1. The number of nitrogens with one attached hydrogen (secondary N) is 1. The summed E-state index contributed by atoms with van der Waals surface area (Å²) in [5.74, 6) is 0.433. The number of piperidine rings is 2. The molecule has 2 atom stereocenters. The van der Waals surface area contributed by atoms with Gasteiger partial charge in [0.2, 0.25) is 0 Å². The lowest BCUT2D eigenvalue weighted by Crippen LogP contribution is -2.51. The molecule has 2 unspecified atom stereocenters. The molecule has 3 rings (SSSR count). The van der Waals surface area contributed by atoms with E-state index < -0.39 is 0 Å². The molecule has 0 radical (unpaired) electrons. The average Bonchev–Trinajstić information content (AvgIpc) is 2.96. The Kier molecular flexibility index (Phi) is 4.96. The smallest absolute Gasteiger partial charge is 0.276 e. The number of hydrogen-bond donors (Lipinski definition) is 2. The van der Waals surface area contributed by atoms with Crippen molar-refractivity contribution in [2.24, 2.45) is 11.7 Å². The summed E-state index contributed by atoms with van der Waals surface area (Å²) in [6, 6.07) is 0.454. The van der Waals surface area contributed by atoms with Gasteiger partial charge in [-0.15, -0.1) is 5.10 Å². The van der Waals surface area contributed by atoms with Crippen LogP contribution in [0.15, 0.2) is 0 Å². The summed E-state index contributed by atoms with van der Waals surface area (Å²) in [6.07, 6.45) is 4.23. The molecule has 2 saturated heterocycles. The molecule has 2 fully saturated rings. The van der Waals surface area contributed by atoms with Crippen LogP contribution in [0.1, 0.15) is 54.8 Å². The van der Waals surface area contributed by atoms with Gasteiger partial charge in [-0.3, -0.25) is 4.79 Å². The predicted molar refractivity (Wildman–Crippen MR) is 88.2 cm³/mol. The van der Waals surface area contributed by atoms with Crippen molar-refractivity contribution in [3.05, 3.63) is 11.4 Å². The fourth-order valence-electron chi connectivity index (χ4n) is 3.93. The van der Waals surface area contributed by atoms with Gasteiger partial charge < -0.3 is 16.0 Å². The lowest BCUT2D eigenvalue weighted by molar-refractivity contribution is 0.0525. The minimum Gasteiger partial charge on any atom is -0.333 e. The molecular weight excluding hydrogens is 292 g/mol. The van der Waals surface area contributed by atoms with Gasteiger partial charge in [0.05, 0.1) is 11.7 Å². The molecule has 23 heavy (non-hydrogen) atoms. The Labute approximate surface area is 137 Å². The van der Waals surface area contributed by atoms with Crippen molar-refractivity contribution >= 4 is 5.91 Å². The maximum absolute atomic E-state index is 13.0. The lowest BCUT2D eigenvalue weighted by atomic mass is 9.90. The molecule has 2 aliphatic rings. The molecule has 0 aliphatic carbocycles. The van der Waals surface area contributed by atoms with Gasteiger partial charge >= 0.3 is 0 Å². The van der Waals surface area contributed by atoms with Crippen LogP contribution in [0.2, 0.25) is 0 Å². The Bertz CT molecular complexity index is 551. The highest BCUT2D eigenvalue weighted by molar-refractivity contribution is 5.93. The zero-order valence-corrected chi connectivity index (χ0v) is 14.2. The van der Waals surface area contributed by atoms with Crippen LogP contribution >= 0.6 is 0 Å². The second kappa shape index (κ2) is 6.97. The summed E-state index contributed by atoms with van der Waals surface area (Å²) in [5.41, 5.74) is 7.30. The third-order valence-corrected chi connectivity index (χ3v) is 5.40. The average molecular weight is 320 g/mol. The zero-order chi connectivity index (χ0) is 16.4. The normalized spacial score (nSPS) is 26.5. The van der Waals surface area contributed by atoms with Crippen molar-refractivity contribution in [2.75, 3.05) is 26.2 Å². The van der Waals surface area contributed by atoms with E-state index >= 15 is 0 Å². The van der Waals surface area contributed by atoms with E-state index in [-0.39, 0.29) is 11.9 Å². The van der Waals surface area contributed by atoms with Crippen molar-refractivity contribution in [1.29, 1.82) is 0 Å². The molecule has 3 heterocycles. The van der Waals surface area contributed by atoms with Crippen LogP contribution in [0.25, 0.3) is 0 Å². The number of amides is 1. The highest BCUT2D eigenvalue weighted by Crippen LogP contribution is 2.26. The Hall–Kier alpha value is -1.47. The standard InChI is InChI=1S/C16H28N6O/c1-11-4-3-9-21(14(11)10-17)16(23)15-12(2)22(20-19-15)13-5-7-18-8-6-13/h11,13-14,18H,3-10,17H2,1-2H3. The van der Waals surface area contributed by atoms with E-state index in [4.69, 9.17) is 5.73 Å². The molecule has 0 spiro atoms. The molecule has 1 aromatic rings.